The maximum absolute atomic E-state index is 4.91. The zero-order chi connectivity index (χ0) is 7.56. The second-order valence-electron chi connectivity index (χ2n) is 2.04. The van der Waals surface area contributed by atoms with E-state index in [0.29, 0.717) is 6.61 Å². The molecule has 10 heavy (non-hydrogen) atoms. The van der Waals surface area contributed by atoms with Crippen molar-refractivity contribution in [3.63, 3.8) is 0 Å². The molecule has 0 saturated heterocycles. The molecule has 0 atom stereocenters. The van der Waals surface area contributed by atoms with E-state index in [9.17, 15) is 0 Å². The van der Waals surface area contributed by atoms with E-state index >= 15 is 0 Å². The lowest BCUT2D eigenvalue weighted by Gasteiger charge is -1.92. The number of aromatic amines is 1. The lowest BCUT2D eigenvalue weighted by atomic mass is 10.4. The molecule has 0 fully saturated rings. The SMILES string of the molecule is COCc1n[nH]c(C)c1Br. The van der Waals surface area contributed by atoms with Gasteiger partial charge in [-0.05, 0) is 22.9 Å². The normalized spacial score (nSPS) is 10.3. The van der Waals surface area contributed by atoms with Crippen LogP contribution in [0.1, 0.15) is 11.4 Å². The third-order valence-corrected chi connectivity index (χ3v) is 2.27. The van der Waals surface area contributed by atoms with Gasteiger partial charge in [0.15, 0.2) is 0 Å². The van der Waals surface area contributed by atoms with Crippen LogP contribution in [0.4, 0.5) is 0 Å². The van der Waals surface area contributed by atoms with E-state index in [0.717, 1.165) is 15.9 Å². The van der Waals surface area contributed by atoms with Crippen LogP contribution in [0.5, 0.6) is 0 Å². The molecule has 56 valence electrons. The van der Waals surface area contributed by atoms with Crippen LogP contribution < -0.4 is 0 Å². The summed E-state index contributed by atoms with van der Waals surface area (Å²) in [7, 11) is 1.65. The third kappa shape index (κ3) is 1.38. The Kier molecular flexibility index (Phi) is 2.45. The summed E-state index contributed by atoms with van der Waals surface area (Å²) in [6, 6.07) is 0. The van der Waals surface area contributed by atoms with Crippen molar-refractivity contribution < 1.29 is 4.74 Å². The van der Waals surface area contributed by atoms with Crippen LogP contribution in [0, 0.1) is 6.92 Å². The van der Waals surface area contributed by atoms with Gasteiger partial charge in [0.2, 0.25) is 0 Å². The fourth-order valence-electron chi connectivity index (χ4n) is 0.698. The van der Waals surface area contributed by atoms with Crippen LogP contribution in [-0.2, 0) is 11.3 Å². The van der Waals surface area contributed by atoms with E-state index < -0.39 is 0 Å². The highest BCUT2D eigenvalue weighted by atomic mass is 79.9. The minimum atomic E-state index is 0.547. The highest BCUT2D eigenvalue weighted by molar-refractivity contribution is 9.10. The standard InChI is InChI=1S/C6H9BrN2O/c1-4-6(7)5(3-10-2)9-8-4/h3H2,1-2H3,(H,8,9). The van der Waals surface area contributed by atoms with E-state index in [-0.39, 0.29) is 0 Å². The Morgan fingerprint density at radius 3 is 2.80 bits per heavy atom. The van der Waals surface area contributed by atoms with Crippen molar-refractivity contribution in [3.8, 4) is 0 Å². The molecule has 0 spiro atoms. The fraction of sp³-hybridized carbons (Fsp3) is 0.500. The average molecular weight is 205 g/mol. The third-order valence-electron chi connectivity index (χ3n) is 1.22. The topological polar surface area (TPSA) is 37.9 Å². The van der Waals surface area contributed by atoms with Crippen molar-refractivity contribution in [2.75, 3.05) is 7.11 Å². The highest BCUT2D eigenvalue weighted by Gasteiger charge is 2.04. The molecule has 4 heteroatoms. The van der Waals surface area contributed by atoms with Crippen molar-refractivity contribution in [3.05, 3.63) is 15.9 Å². The molecule has 1 aromatic rings. The molecule has 0 amide bonds. The predicted molar refractivity (Wildman–Crippen MR) is 41.7 cm³/mol. The number of hydrogen-bond donors (Lipinski definition) is 1. The van der Waals surface area contributed by atoms with Crippen molar-refractivity contribution in [2.24, 2.45) is 0 Å². The monoisotopic (exact) mass is 204 g/mol. The van der Waals surface area contributed by atoms with Crippen molar-refractivity contribution in [1.82, 2.24) is 10.2 Å². The predicted octanol–water partition coefficient (Wildman–Crippen LogP) is 1.63. The first-order chi connectivity index (χ1) is 4.75. The van der Waals surface area contributed by atoms with Crippen LogP contribution in [-0.4, -0.2) is 17.3 Å². The number of halogens is 1. The smallest absolute Gasteiger partial charge is 0.102 e. The fourth-order valence-corrected chi connectivity index (χ4v) is 0.990. The van der Waals surface area contributed by atoms with Gasteiger partial charge < -0.3 is 4.74 Å². The van der Waals surface area contributed by atoms with Crippen molar-refractivity contribution in [1.29, 1.82) is 0 Å². The maximum atomic E-state index is 4.91. The minimum Gasteiger partial charge on any atom is -0.378 e. The van der Waals surface area contributed by atoms with E-state index in [1.807, 2.05) is 6.92 Å². The van der Waals surface area contributed by atoms with Crippen LogP contribution >= 0.6 is 15.9 Å². The summed E-state index contributed by atoms with van der Waals surface area (Å²) in [5.74, 6) is 0. The number of rotatable bonds is 2. The lowest BCUT2D eigenvalue weighted by Crippen LogP contribution is -1.87. The summed E-state index contributed by atoms with van der Waals surface area (Å²) in [5.41, 5.74) is 1.95. The van der Waals surface area contributed by atoms with Crippen LogP contribution in [0.2, 0.25) is 0 Å². The van der Waals surface area contributed by atoms with Crippen molar-refractivity contribution in [2.45, 2.75) is 13.5 Å². The number of H-pyrrole nitrogens is 1. The van der Waals surface area contributed by atoms with Gasteiger partial charge in [-0.2, -0.15) is 5.10 Å². The van der Waals surface area contributed by atoms with Crippen LogP contribution in [0.25, 0.3) is 0 Å². The van der Waals surface area contributed by atoms with Gasteiger partial charge in [-0.15, -0.1) is 0 Å². The number of aryl methyl sites for hydroxylation is 1. The van der Waals surface area contributed by atoms with Gasteiger partial charge in [0.05, 0.1) is 11.1 Å². The zero-order valence-corrected chi connectivity index (χ0v) is 7.53. The summed E-state index contributed by atoms with van der Waals surface area (Å²) < 4.78 is 5.92. The number of ether oxygens (including phenoxy) is 1. The van der Waals surface area contributed by atoms with Gasteiger partial charge in [-0.25, -0.2) is 0 Å². The summed E-state index contributed by atoms with van der Waals surface area (Å²) in [6.07, 6.45) is 0. The average Bonchev–Trinajstić information content (AvgIpc) is 2.20. The van der Waals surface area contributed by atoms with Crippen LogP contribution in [0.15, 0.2) is 4.47 Å². The van der Waals surface area contributed by atoms with Gasteiger partial charge in [-0.1, -0.05) is 0 Å². The molecule has 1 aromatic heterocycles. The summed E-state index contributed by atoms with van der Waals surface area (Å²) in [6.45, 7) is 2.50. The minimum absolute atomic E-state index is 0.547. The summed E-state index contributed by atoms with van der Waals surface area (Å²) in [4.78, 5) is 0. The Bertz CT molecular complexity index is 222. The molecular weight excluding hydrogens is 196 g/mol. The molecule has 1 heterocycles. The quantitative estimate of drug-likeness (QED) is 0.796. The van der Waals surface area contributed by atoms with Gasteiger partial charge in [0, 0.05) is 12.8 Å². The van der Waals surface area contributed by atoms with Crippen molar-refractivity contribution >= 4 is 15.9 Å². The molecule has 1 N–H and O–H groups in total. The Morgan fingerprint density at radius 1 is 1.70 bits per heavy atom. The summed E-state index contributed by atoms with van der Waals surface area (Å²) >= 11 is 3.38. The van der Waals surface area contributed by atoms with Gasteiger partial charge in [-0.3, -0.25) is 5.10 Å². The summed E-state index contributed by atoms with van der Waals surface area (Å²) in [5, 5.41) is 6.85. The first kappa shape index (κ1) is 7.75. The second kappa shape index (κ2) is 3.16. The van der Waals surface area contributed by atoms with E-state index in [1.165, 1.54) is 0 Å². The van der Waals surface area contributed by atoms with Gasteiger partial charge in [0.25, 0.3) is 0 Å². The molecule has 1 rings (SSSR count). The second-order valence-corrected chi connectivity index (χ2v) is 2.84. The number of aromatic nitrogens is 2. The maximum Gasteiger partial charge on any atom is 0.102 e. The Labute approximate surface area is 67.9 Å². The molecule has 3 nitrogen and oxygen atoms in total. The molecule has 0 bridgehead atoms. The molecule has 0 unspecified atom stereocenters. The Morgan fingerprint density at radius 2 is 2.40 bits per heavy atom. The number of nitrogens with zero attached hydrogens (tertiary/aromatic N) is 1. The molecule has 0 saturated carbocycles. The highest BCUT2D eigenvalue weighted by Crippen LogP contribution is 2.17. The molecule has 0 aliphatic heterocycles. The molecule has 0 radical (unpaired) electrons. The molecule has 0 aromatic carbocycles. The van der Waals surface area contributed by atoms with E-state index in [1.54, 1.807) is 7.11 Å². The van der Waals surface area contributed by atoms with E-state index in [2.05, 4.69) is 26.1 Å². The van der Waals surface area contributed by atoms with E-state index in [4.69, 9.17) is 4.74 Å². The first-order valence-electron chi connectivity index (χ1n) is 2.94. The van der Waals surface area contributed by atoms with Gasteiger partial charge in [0.1, 0.15) is 5.69 Å². The molecular formula is C6H9BrN2O. The zero-order valence-electron chi connectivity index (χ0n) is 5.94. The lowest BCUT2D eigenvalue weighted by molar-refractivity contribution is 0.181. The number of methoxy groups -OCH3 is 1. The molecule has 0 aliphatic rings. The van der Waals surface area contributed by atoms with Crippen LogP contribution in [0.3, 0.4) is 0 Å². The number of nitrogens with one attached hydrogen (secondary N) is 1. The largest absolute Gasteiger partial charge is 0.378 e. The Balaban J connectivity index is 2.83. The van der Waals surface area contributed by atoms with Gasteiger partial charge >= 0.3 is 0 Å². The first-order valence-corrected chi connectivity index (χ1v) is 3.73. The molecule has 0 aliphatic carbocycles. The Hall–Kier alpha value is -0.350. The number of hydrogen-bond acceptors (Lipinski definition) is 2.